The Bertz CT molecular complexity index is 642. The Morgan fingerprint density at radius 1 is 1.28 bits per heavy atom. The summed E-state index contributed by atoms with van der Waals surface area (Å²) >= 11 is 0. The Morgan fingerprint density at radius 3 is 2.76 bits per heavy atom. The molecule has 0 aromatic heterocycles. The van der Waals surface area contributed by atoms with Crippen LogP contribution >= 0.6 is 0 Å². The summed E-state index contributed by atoms with van der Waals surface area (Å²) in [6, 6.07) is 8.40. The number of piperidine rings is 1. The maximum atomic E-state index is 11.8. The highest BCUT2D eigenvalue weighted by Gasteiger charge is 2.18. The van der Waals surface area contributed by atoms with Crippen molar-refractivity contribution in [2.24, 2.45) is 0 Å². The number of hydrogen-bond acceptors (Lipinski definition) is 6. The minimum Gasteiger partial charge on any atom is -0.466 e. The third-order valence-electron chi connectivity index (χ3n) is 4.40. The average Bonchev–Trinajstić information content (AvgIpc) is 2.62. The van der Waals surface area contributed by atoms with E-state index in [2.05, 4.69) is 27.9 Å². The van der Waals surface area contributed by atoms with Crippen LogP contribution in [0.4, 0.5) is 5.69 Å². The lowest BCUT2D eigenvalue weighted by molar-refractivity contribution is -0.138. The Balaban J connectivity index is 2.12. The highest BCUT2D eigenvalue weighted by Crippen LogP contribution is 2.21. The Morgan fingerprint density at radius 2 is 2.08 bits per heavy atom. The number of carbonyl (C=O) groups excluding carboxylic acids is 2. The molecule has 2 rings (SSSR count). The fourth-order valence-corrected chi connectivity index (χ4v) is 2.96. The van der Waals surface area contributed by atoms with E-state index in [-0.39, 0.29) is 5.70 Å². The van der Waals surface area contributed by atoms with Gasteiger partial charge in [0.15, 0.2) is 0 Å². The zero-order valence-corrected chi connectivity index (χ0v) is 15.1. The Hall–Kier alpha value is -2.34. The third kappa shape index (κ3) is 5.60. The van der Waals surface area contributed by atoms with Gasteiger partial charge in [0.25, 0.3) is 0 Å². The number of methoxy groups -OCH3 is 2. The summed E-state index contributed by atoms with van der Waals surface area (Å²) in [6.07, 6.45) is 4.84. The van der Waals surface area contributed by atoms with E-state index in [0.29, 0.717) is 6.04 Å². The topological polar surface area (TPSA) is 67.9 Å². The van der Waals surface area contributed by atoms with Gasteiger partial charge in [-0.05, 0) is 44.0 Å². The van der Waals surface area contributed by atoms with E-state index < -0.39 is 11.9 Å². The van der Waals surface area contributed by atoms with Gasteiger partial charge in [-0.15, -0.1) is 0 Å². The zero-order chi connectivity index (χ0) is 18.2. The number of anilines is 1. The molecule has 1 unspecified atom stereocenters. The van der Waals surface area contributed by atoms with Crippen LogP contribution in [0.5, 0.6) is 0 Å². The van der Waals surface area contributed by atoms with Crippen molar-refractivity contribution in [3.05, 3.63) is 41.6 Å². The molecular formula is C19H26N2O4. The molecule has 0 bridgehead atoms. The number of nitrogens with one attached hydrogen (secondary N) is 1. The molecular weight excluding hydrogens is 320 g/mol. The van der Waals surface area contributed by atoms with Crippen LogP contribution < -0.4 is 5.32 Å². The lowest BCUT2D eigenvalue weighted by Gasteiger charge is -2.33. The number of ether oxygens (including phenoxy) is 2. The lowest BCUT2D eigenvalue weighted by Crippen LogP contribution is -2.36. The first-order valence-electron chi connectivity index (χ1n) is 8.51. The molecule has 1 N–H and O–H groups in total. The molecule has 1 aromatic rings. The van der Waals surface area contributed by atoms with E-state index in [0.717, 1.165) is 30.4 Å². The summed E-state index contributed by atoms with van der Waals surface area (Å²) in [4.78, 5) is 25.8. The number of esters is 2. The molecule has 0 spiro atoms. The molecule has 0 radical (unpaired) electrons. The molecule has 1 aromatic carbocycles. The predicted octanol–water partition coefficient (Wildman–Crippen LogP) is 2.70. The van der Waals surface area contributed by atoms with Gasteiger partial charge in [-0.25, -0.2) is 9.59 Å². The minimum atomic E-state index is -0.625. The van der Waals surface area contributed by atoms with E-state index in [1.807, 2.05) is 18.2 Å². The largest absolute Gasteiger partial charge is 0.466 e. The van der Waals surface area contributed by atoms with Crippen LogP contribution in [-0.4, -0.2) is 43.6 Å². The maximum absolute atomic E-state index is 11.8. The molecule has 1 atom stereocenters. The van der Waals surface area contributed by atoms with Crippen molar-refractivity contribution in [2.45, 2.75) is 38.8 Å². The van der Waals surface area contributed by atoms with Crippen LogP contribution in [0.15, 0.2) is 36.0 Å². The second-order valence-electron chi connectivity index (χ2n) is 6.21. The normalized spacial score (nSPS) is 18.5. The molecule has 1 fully saturated rings. The van der Waals surface area contributed by atoms with Crippen molar-refractivity contribution in [2.75, 3.05) is 26.1 Å². The molecule has 1 aliphatic rings. The van der Waals surface area contributed by atoms with Gasteiger partial charge < -0.3 is 14.8 Å². The number of likely N-dealkylation sites (tertiary alicyclic amines) is 1. The van der Waals surface area contributed by atoms with Crippen molar-refractivity contribution in [3.8, 4) is 0 Å². The fourth-order valence-electron chi connectivity index (χ4n) is 2.96. The number of carbonyl (C=O) groups is 2. The van der Waals surface area contributed by atoms with Crippen LogP contribution in [0, 0.1) is 0 Å². The number of rotatable bonds is 6. The van der Waals surface area contributed by atoms with Crippen molar-refractivity contribution in [3.63, 3.8) is 0 Å². The van der Waals surface area contributed by atoms with E-state index in [9.17, 15) is 9.59 Å². The number of benzene rings is 1. The first-order chi connectivity index (χ1) is 12.0. The van der Waals surface area contributed by atoms with E-state index in [1.165, 1.54) is 33.5 Å². The number of nitrogens with zero attached hydrogens (tertiary/aromatic N) is 1. The maximum Gasteiger partial charge on any atom is 0.354 e. The Kier molecular flexibility index (Phi) is 7.01. The highest BCUT2D eigenvalue weighted by molar-refractivity contribution is 5.98. The second-order valence-corrected chi connectivity index (χ2v) is 6.21. The van der Waals surface area contributed by atoms with E-state index in [4.69, 9.17) is 4.74 Å². The minimum absolute atomic E-state index is 0.0397. The molecule has 6 heteroatoms. The van der Waals surface area contributed by atoms with E-state index >= 15 is 0 Å². The van der Waals surface area contributed by atoms with Gasteiger partial charge in [0.2, 0.25) is 0 Å². The van der Waals surface area contributed by atoms with Crippen LogP contribution in [0.25, 0.3) is 0 Å². The van der Waals surface area contributed by atoms with Crippen LogP contribution in [-0.2, 0) is 25.6 Å². The first-order valence-corrected chi connectivity index (χ1v) is 8.51. The monoisotopic (exact) mass is 346 g/mol. The third-order valence-corrected chi connectivity index (χ3v) is 4.40. The first kappa shape index (κ1) is 19.0. The van der Waals surface area contributed by atoms with Crippen molar-refractivity contribution < 1.29 is 19.1 Å². The second kappa shape index (κ2) is 9.22. The van der Waals surface area contributed by atoms with Crippen LogP contribution in [0.3, 0.4) is 0 Å². The molecule has 1 heterocycles. The van der Waals surface area contributed by atoms with Gasteiger partial charge in [0.1, 0.15) is 5.70 Å². The van der Waals surface area contributed by atoms with Crippen molar-refractivity contribution >= 4 is 17.6 Å². The molecule has 1 saturated heterocycles. The molecule has 25 heavy (non-hydrogen) atoms. The van der Waals surface area contributed by atoms with E-state index in [1.54, 1.807) is 0 Å². The van der Waals surface area contributed by atoms with Crippen molar-refractivity contribution in [1.29, 1.82) is 0 Å². The summed E-state index contributed by atoms with van der Waals surface area (Å²) in [5.74, 6) is -1.24. The van der Waals surface area contributed by atoms with Gasteiger partial charge in [0, 0.05) is 18.3 Å². The predicted molar refractivity (Wildman–Crippen MR) is 95.9 cm³/mol. The van der Waals surface area contributed by atoms with Gasteiger partial charge in [-0.2, -0.15) is 0 Å². The molecule has 0 saturated carbocycles. The average molecular weight is 346 g/mol. The standard InChI is InChI=1S/C19H26N2O4/c1-14-7-4-5-10-21(14)13-15-8-6-9-16(11-15)20-17(19(23)25-3)12-18(22)24-2/h6,8-9,11-12,14,20H,4-5,7,10,13H2,1-3H3/b17-12+. The molecule has 6 nitrogen and oxygen atoms in total. The Labute approximate surface area is 148 Å². The summed E-state index contributed by atoms with van der Waals surface area (Å²) in [7, 11) is 2.53. The summed E-state index contributed by atoms with van der Waals surface area (Å²) in [6.45, 7) is 4.23. The SMILES string of the molecule is COC(=O)/C=C(/Nc1cccc(CN2CCCCC2C)c1)C(=O)OC. The number of hydrogen-bond donors (Lipinski definition) is 1. The van der Waals surface area contributed by atoms with Crippen LogP contribution in [0.2, 0.25) is 0 Å². The lowest BCUT2D eigenvalue weighted by atomic mass is 10.0. The van der Waals surface area contributed by atoms with Crippen molar-refractivity contribution in [1.82, 2.24) is 4.90 Å². The fraction of sp³-hybridized carbons (Fsp3) is 0.474. The summed E-state index contributed by atoms with van der Waals surface area (Å²) in [5.41, 5.74) is 1.92. The zero-order valence-electron chi connectivity index (χ0n) is 15.1. The van der Waals surface area contributed by atoms with Gasteiger partial charge in [-0.1, -0.05) is 18.6 Å². The summed E-state index contributed by atoms with van der Waals surface area (Å²) < 4.78 is 9.29. The smallest absolute Gasteiger partial charge is 0.354 e. The quantitative estimate of drug-likeness (QED) is 0.631. The molecule has 136 valence electrons. The molecule has 1 aliphatic heterocycles. The van der Waals surface area contributed by atoms with Gasteiger partial charge in [0.05, 0.1) is 20.3 Å². The molecule has 0 aliphatic carbocycles. The molecule has 0 amide bonds. The summed E-state index contributed by atoms with van der Waals surface area (Å²) in [5, 5.41) is 2.95. The van der Waals surface area contributed by atoms with Crippen LogP contribution in [0.1, 0.15) is 31.7 Å². The highest BCUT2D eigenvalue weighted by atomic mass is 16.5. The van der Waals surface area contributed by atoms with Gasteiger partial charge >= 0.3 is 11.9 Å². The van der Waals surface area contributed by atoms with Gasteiger partial charge in [-0.3, -0.25) is 4.90 Å².